The lowest BCUT2D eigenvalue weighted by atomic mass is 10.0. The van der Waals surface area contributed by atoms with Crippen molar-refractivity contribution in [1.82, 2.24) is 0 Å². The fourth-order valence-corrected chi connectivity index (χ4v) is 2.45. The van der Waals surface area contributed by atoms with E-state index in [9.17, 15) is 5.11 Å². The fraction of sp³-hybridized carbons (Fsp3) is 0.538. The normalized spacial score (nSPS) is 17.4. The Hall–Kier alpha value is -0.240. The van der Waals surface area contributed by atoms with Gasteiger partial charge in [-0.05, 0) is 36.5 Å². The minimum absolute atomic E-state index is 0.321. The SMILES string of the molecule is OC(CCC1CC1)Cc1c(Cl)cccc1Cl. The van der Waals surface area contributed by atoms with Gasteiger partial charge in [-0.2, -0.15) is 0 Å². The molecule has 88 valence electrons. The van der Waals surface area contributed by atoms with E-state index in [1.54, 1.807) is 0 Å². The highest BCUT2D eigenvalue weighted by molar-refractivity contribution is 6.35. The summed E-state index contributed by atoms with van der Waals surface area (Å²) >= 11 is 12.1. The fourth-order valence-electron chi connectivity index (χ4n) is 1.90. The predicted molar refractivity (Wildman–Crippen MR) is 68.1 cm³/mol. The van der Waals surface area contributed by atoms with Gasteiger partial charge in [-0.1, -0.05) is 42.1 Å². The van der Waals surface area contributed by atoms with Crippen LogP contribution in [0.15, 0.2) is 18.2 Å². The standard InChI is InChI=1S/C13H16Cl2O/c14-12-2-1-3-13(15)11(12)8-10(16)7-6-9-4-5-9/h1-3,9-10,16H,4-8H2. The lowest BCUT2D eigenvalue weighted by molar-refractivity contribution is 0.160. The third kappa shape index (κ3) is 3.38. The molecule has 0 heterocycles. The van der Waals surface area contributed by atoms with Gasteiger partial charge in [-0.25, -0.2) is 0 Å². The summed E-state index contributed by atoms with van der Waals surface area (Å²) in [6.07, 6.45) is 4.89. The molecule has 0 aromatic heterocycles. The van der Waals surface area contributed by atoms with Crippen molar-refractivity contribution in [1.29, 1.82) is 0 Å². The van der Waals surface area contributed by atoms with E-state index in [4.69, 9.17) is 23.2 Å². The molecular formula is C13H16Cl2O. The number of aliphatic hydroxyl groups excluding tert-OH is 1. The maximum Gasteiger partial charge on any atom is 0.0581 e. The summed E-state index contributed by atoms with van der Waals surface area (Å²) in [6.45, 7) is 0. The van der Waals surface area contributed by atoms with Crippen molar-refractivity contribution >= 4 is 23.2 Å². The van der Waals surface area contributed by atoms with Crippen LogP contribution in [-0.4, -0.2) is 11.2 Å². The zero-order valence-corrected chi connectivity index (χ0v) is 10.6. The largest absolute Gasteiger partial charge is 0.393 e. The quantitative estimate of drug-likeness (QED) is 0.844. The van der Waals surface area contributed by atoms with Crippen molar-refractivity contribution in [2.75, 3.05) is 0 Å². The Morgan fingerprint density at radius 1 is 1.25 bits per heavy atom. The second kappa shape index (κ2) is 5.39. The third-order valence-corrected chi connectivity index (χ3v) is 3.81. The van der Waals surface area contributed by atoms with E-state index in [0.717, 1.165) is 24.3 Å². The van der Waals surface area contributed by atoms with Gasteiger partial charge in [0.1, 0.15) is 0 Å². The summed E-state index contributed by atoms with van der Waals surface area (Å²) in [7, 11) is 0. The van der Waals surface area contributed by atoms with E-state index in [1.165, 1.54) is 12.8 Å². The summed E-state index contributed by atoms with van der Waals surface area (Å²) in [5, 5.41) is 11.2. The molecule has 1 nitrogen and oxygen atoms in total. The third-order valence-electron chi connectivity index (χ3n) is 3.11. The molecule has 1 N–H and O–H groups in total. The van der Waals surface area contributed by atoms with E-state index < -0.39 is 0 Å². The van der Waals surface area contributed by atoms with Gasteiger partial charge >= 0.3 is 0 Å². The number of aliphatic hydroxyl groups is 1. The van der Waals surface area contributed by atoms with Gasteiger partial charge in [0.15, 0.2) is 0 Å². The Morgan fingerprint density at radius 3 is 2.44 bits per heavy atom. The van der Waals surface area contributed by atoms with Crippen LogP contribution in [-0.2, 0) is 6.42 Å². The highest BCUT2D eigenvalue weighted by Gasteiger charge is 2.22. The smallest absolute Gasteiger partial charge is 0.0581 e. The van der Waals surface area contributed by atoms with E-state index >= 15 is 0 Å². The first-order valence-electron chi connectivity index (χ1n) is 5.77. The first-order chi connectivity index (χ1) is 7.66. The van der Waals surface area contributed by atoms with Crippen LogP contribution in [0.4, 0.5) is 0 Å². The molecule has 1 unspecified atom stereocenters. The van der Waals surface area contributed by atoms with E-state index in [2.05, 4.69) is 0 Å². The molecule has 0 saturated heterocycles. The van der Waals surface area contributed by atoms with Gasteiger partial charge < -0.3 is 5.11 Å². The van der Waals surface area contributed by atoms with Crippen molar-refractivity contribution in [3.05, 3.63) is 33.8 Å². The molecule has 1 atom stereocenters. The van der Waals surface area contributed by atoms with Crippen LogP contribution in [0.1, 0.15) is 31.2 Å². The van der Waals surface area contributed by atoms with Gasteiger partial charge in [0.25, 0.3) is 0 Å². The van der Waals surface area contributed by atoms with E-state index in [1.807, 2.05) is 18.2 Å². The molecule has 0 spiro atoms. The highest BCUT2D eigenvalue weighted by Crippen LogP contribution is 2.34. The first kappa shape index (κ1) is 12.2. The van der Waals surface area contributed by atoms with Crippen LogP contribution >= 0.6 is 23.2 Å². The Kier molecular flexibility index (Phi) is 4.12. The monoisotopic (exact) mass is 258 g/mol. The topological polar surface area (TPSA) is 20.2 Å². The van der Waals surface area contributed by atoms with Crippen molar-refractivity contribution in [3.63, 3.8) is 0 Å². The summed E-state index contributed by atoms with van der Waals surface area (Å²) in [6, 6.07) is 5.46. The summed E-state index contributed by atoms with van der Waals surface area (Å²) in [5.74, 6) is 0.858. The second-order valence-electron chi connectivity index (χ2n) is 4.58. The molecular weight excluding hydrogens is 243 g/mol. The minimum Gasteiger partial charge on any atom is -0.393 e. The van der Waals surface area contributed by atoms with Crippen LogP contribution in [0, 0.1) is 5.92 Å². The minimum atomic E-state index is -0.321. The first-order valence-corrected chi connectivity index (χ1v) is 6.53. The number of hydrogen-bond donors (Lipinski definition) is 1. The average molecular weight is 259 g/mol. The van der Waals surface area contributed by atoms with Crippen LogP contribution in [0.3, 0.4) is 0 Å². The maximum atomic E-state index is 9.91. The lowest BCUT2D eigenvalue weighted by Gasteiger charge is -2.12. The van der Waals surface area contributed by atoms with Gasteiger partial charge in [-0.15, -0.1) is 0 Å². The molecule has 1 aromatic rings. The molecule has 1 aliphatic rings. The predicted octanol–water partition coefficient (Wildman–Crippen LogP) is 4.09. The zero-order chi connectivity index (χ0) is 11.5. The number of rotatable bonds is 5. The molecule has 2 rings (SSSR count). The van der Waals surface area contributed by atoms with Crippen molar-refractivity contribution < 1.29 is 5.11 Å². The van der Waals surface area contributed by atoms with Crippen molar-refractivity contribution in [2.24, 2.45) is 5.92 Å². The molecule has 0 bridgehead atoms. The second-order valence-corrected chi connectivity index (χ2v) is 5.39. The number of benzene rings is 1. The van der Waals surface area contributed by atoms with Crippen molar-refractivity contribution in [2.45, 2.75) is 38.2 Å². The number of hydrogen-bond acceptors (Lipinski definition) is 1. The highest BCUT2D eigenvalue weighted by atomic mass is 35.5. The Bertz CT molecular complexity index is 341. The van der Waals surface area contributed by atoms with Gasteiger partial charge in [0.2, 0.25) is 0 Å². The van der Waals surface area contributed by atoms with Crippen molar-refractivity contribution in [3.8, 4) is 0 Å². The lowest BCUT2D eigenvalue weighted by Crippen LogP contribution is -2.11. The molecule has 1 aromatic carbocycles. The summed E-state index contributed by atoms with van der Waals surface area (Å²) in [5.41, 5.74) is 0.870. The molecule has 16 heavy (non-hydrogen) atoms. The molecule has 0 aliphatic heterocycles. The molecule has 1 saturated carbocycles. The molecule has 1 fully saturated rings. The van der Waals surface area contributed by atoms with Gasteiger partial charge in [-0.3, -0.25) is 0 Å². The average Bonchev–Trinajstić information content (AvgIpc) is 3.04. The Labute approximate surface area is 106 Å². The molecule has 3 heteroatoms. The number of halogens is 2. The summed E-state index contributed by atoms with van der Waals surface area (Å²) in [4.78, 5) is 0. The molecule has 0 radical (unpaired) electrons. The Balaban J connectivity index is 1.91. The van der Waals surface area contributed by atoms with E-state index in [0.29, 0.717) is 16.5 Å². The molecule has 0 amide bonds. The van der Waals surface area contributed by atoms with Crippen LogP contribution in [0.5, 0.6) is 0 Å². The van der Waals surface area contributed by atoms with Crippen LogP contribution in [0.25, 0.3) is 0 Å². The Morgan fingerprint density at radius 2 is 1.88 bits per heavy atom. The van der Waals surface area contributed by atoms with E-state index in [-0.39, 0.29) is 6.10 Å². The van der Waals surface area contributed by atoms with Gasteiger partial charge in [0.05, 0.1) is 6.10 Å². The van der Waals surface area contributed by atoms with Crippen LogP contribution < -0.4 is 0 Å². The maximum absolute atomic E-state index is 9.91. The summed E-state index contributed by atoms with van der Waals surface area (Å²) < 4.78 is 0. The molecule has 1 aliphatic carbocycles. The van der Waals surface area contributed by atoms with Gasteiger partial charge in [0, 0.05) is 16.5 Å². The zero-order valence-electron chi connectivity index (χ0n) is 9.13. The van der Waals surface area contributed by atoms with Crippen LogP contribution in [0.2, 0.25) is 10.0 Å².